The first-order valence-electron chi connectivity index (χ1n) is 9.56. The summed E-state index contributed by atoms with van der Waals surface area (Å²) < 4.78 is 5.96. The zero-order valence-corrected chi connectivity index (χ0v) is 16.9. The molecule has 0 radical (unpaired) electrons. The van der Waals surface area contributed by atoms with Crippen LogP contribution in [0.15, 0.2) is 83.3 Å². The molecule has 3 aromatic carbocycles. The second-order valence-electron chi connectivity index (χ2n) is 6.79. The van der Waals surface area contributed by atoms with Crippen LogP contribution in [0.25, 0.3) is 10.9 Å². The van der Waals surface area contributed by atoms with Crippen LogP contribution in [0.1, 0.15) is 11.1 Å². The van der Waals surface area contributed by atoms with E-state index in [1.807, 2.05) is 73.7 Å². The molecule has 0 saturated carbocycles. The summed E-state index contributed by atoms with van der Waals surface area (Å²) in [6.45, 7) is 2.00. The van der Waals surface area contributed by atoms with Gasteiger partial charge in [-0.05, 0) is 60.5 Å². The van der Waals surface area contributed by atoms with Crippen LogP contribution in [0.2, 0.25) is 0 Å². The monoisotopic (exact) mass is 411 g/mol. The van der Waals surface area contributed by atoms with Crippen LogP contribution in [-0.4, -0.2) is 22.1 Å². The number of aromatic nitrogens is 2. The summed E-state index contributed by atoms with van der Waals surface area (Å²) in [4.78, 5) is 8.73. The largest absolute Gasteiger partial charge is 0.457 e. The van der Waals surface area contributed by atoms with Gasteiger partial charge < -0.3 is 21.5 Å². The van der Waals surface area contributed by atoms with Gasteiger partial charge in [0.1, 0.15) is 23.6 Å². The number of nitrogens with two attached hydrogens (primary N) is 2. The fourth-order valence-electron chi connectivity index (χ4n) is 3.01. The molecule has 5 N–H and O–H groups in total. The number of nitrogens with zero attached hydrogens (tertiary/aromatic N) is 4. The van der Waals surface area contributed by atoms with Crippen molar-refractivity contribution in [1.29, 1.82) is 0 Å². The highest BCUT2D eigenvalue weighted by molar-refractivity contribution is 5.95. The highest BCUT2D eigenvalue weighted by atomic mass is 16.5. The minimum atomic E-state index is -0.0993. The van der Waals surface area contributed by atoms with Crippen molar-refractivity contribution in [3.8, 4) is 11.5 Å². The molecule has 154 valence electrons. The lowest BCUT2D eigenvalue weighted by atomic mass is 10.1. The van der Waals surface area contributed by atoms with Crippen LogP contribution < -0.4 is 21.5 Å². The number of aryl methyl sites for hydroxylation is 1. The first-order valence-corrected chi connectivity index (χ1v) is 9.56. The number of hydrogen-bond acceptors (Lipinski definition) is 6. The van der Waals surface area contributed by atoms with Crippen LogP contribution in [0.4, 0.5) is 11.5 Å². The van der Waals surface area contributed by atoms with Crippen molar-refractivity contribution >= 4 is 34.6 Å². The first-order chi connectivity index (χ1) is 15.1. The number of para-hydroxylation sites is 1. The van der Waals surface area contributed by atoms with Crippen molar-refractivity contribution in [2.24, 2.45) is 21.7 Å². The maximum Gasteiger partial charge on any atom is 0.211 e. The fraction of sp³-hybridized carbons (Fsp3) is 0.0435. The number of hydrogen-bond donors (Lipinski definition) is 3. The fourth-order valence-corrected chi connectivity index (χ4v) is 3.01. The van der Waals surface area contributed by atoms with E-state index in [9.17, 15) is 0 Å². The quantitative estimate of drug-likeness (QED) is 0.249. The molecule has 0 amide bonds. The molecule has 0 bridgehead atoms. The topological polar surface area (TPSA) is 124 Å². The van der Waals surface area contributed by atoms with Crippen molar-refractivity contribution in [3.63, 3.8) is 0 Å². The Morgan fingerprint density at radius 1 is 1.00 bits per heavy atom. The van der Waals surface area contributed by atoms with Gasteiger partial charge in [0, 0.05) is 11.1 Å². The van der Waals surface area contributed by atoms with Gasteiger partial charge >= 0.3 is 0 Å². The summed E-state index contributed by atoms with van der Waals surface area (Å²) in [5.74, 6) is 2.17. The van der Waals surface area contributed by atoms with E-state index < -0.39 is 0 Å². The lowest BCUT2D eigenvalue weighted by Gasteiger charge is -2.12. The second kappa shape index (κ2) is 8.91. The third kappa shape index (κ3) is 4.94. The molecular formula is C23H21N7O. The molecule has 0 saturated heterocycles. The molecule has 0 aliphatic heterocycles. The maximum absolute atomic E-state index is 5.96. The lowest BCUT2D eigenvalue weighted by Crippen LogP contribution is -2.21. The molecule has 8 nitrogen and oxygen atoms in total. The zero-order valence-electron chi connectivity index (χ0n) is 16.9. The Morgan fingerprint density at radius 3 is 2.61 bits per heavy atom. The summed E-state index contributed by atoms with van der Waals surface area (Å²) in [6, 6.07) is 21.3. The van der Waals surface area contributed by atoms with E-state index in [1.54, 1.807) is 6.21 Å². The maximum atomic E-state index is 5.96. The number of rotatable bonds is 6. The van der Waals surface area contributed by atoms with E-state index >= 15 is 0 Å². The van der Waals surface area contributed by atoms with Crippen molar-refractivity contribution in [2.75, 3.05) is 5.32 Å². The Labute approximate surface area is 179 Å². The van der Waals surface area contributed by atoms with E-state index in [1.165, 1.54) is 6.33 Å². The predicted octanol–water partition coefficient (Wildman–Crippen LogP) is 4.08. The standard InChI is InChI=1S/C23H21N7O/c1-15-11-17(8-10-21(15)31-18-5-3-2-4-6-18)29-22-19-12-16(13-28-30-23(24)25)7-9-20(19)26-14-27-22/h2-14H,1H3,(H4,24,25,30)(H,26,27,29)/b28-13+. The summed E-state index contributed by atoms with van der Waals surface area (Å²) in [5.41, 5.74) is 14.1. The SMILES string of the molecule is Cc1cc(Nc2ncnc3ccc(/C=N/N=C(N)N)cc23)ccc1Oc1ccccc1. The first kappa shape index (κ1) is 19.8. The number of ether oxygens (including phenoxy) is 1. The van der Waals surface area contributed by atoms with E-state index in [2.05, 4.69) is 25.5 Å². The summed E-state index contributed by atoms with van der Waals surface area (Å²) >= 11 is 0. The van der Waals surface area contributed by atoms with Crippen LogP contribution in [0.3, 0.4) is 0 Å². The highest BCUT2D eigenvalue weighted by Crippen LogP contribution is 2.29. The molecule has 0 atom stereocenters. The molecule has 0 fully saturated rings. The summed E-state index contributed by atoms with van der Waals surface area (Å²) in [5, 5.41) is 11.7. The normalized spacial score (nSPS) is 10.9. The van der Waals surface area contributed by atoms with E-state index in [0.29, 0.717) is 5.82 Å². The second-order valence-corrected chi connectivity index (χ2v) is 6.79. The average molecular weight is 411 g/mol. The average Bonchev–Trinajstić information content (AvgIpc) is 2.76. The number of benzene rings is 3. The molecular weight excluding hydrogens is 390 g/mol. The smallest absolute Gasteiger partial charge is 0.211 e. The number of nitrogens with one attached hydrogen (secondary N) is 1. The van der Waals surface area contributed by atoms with E-state index in [4.69, 9.17) is 16.2 Å². The van der Waals surface area contributed by atoms with Gasteiger partial charge in [-0.2, -0.15) is 5.10 Å². The lowest BCUT2D eigenvalue weighted by molar-refractivity contribution is 0.479. The van der Waals surface area contributed by atoms with Crippen molar-refractivity contribution in [1.82, 2.24) is 9.97 Å². The van der Waals surface area contributed by atoms with Gasteiger partial charge in [0.2, 0.25) is 5.96 Å². The summed E-state index contributed by atoms with van der Waals surface area (Å²) in [6.07, 6.45) is 3.09. The Morgan fingerprint density at radius 2 is 1.84 bits per heavy atom. The van der Waals surface area contributed by atoms with Gasteiger partial charge in [0.05, 0.1) is 11.7 Å². The molecule has 0 unspecified atom stereocenters. The Hall–Kier alpha value is -4.46. The van der Waals surface area contributed by atoms with Crippen molar-refractivity contribution in [2.45, 2.75) is 6.92 Å². The summed E-state index contributed by atoms with van der Waals surface area (Å²) in [7, 11) is 0. The molecule has 8 heteroatoms. The molecule has 31 heavy (non-hydrogen) atoms. The van der Waals surface area contributed by atoms with Gasteiger partial charge in [-0.3, -0.25) is 0 Å². The minimum Gasteiger partial charge on any atom is -0.457 e. The van der Waals surface area contributed by atoms with Crippen molar-refractivity contribution < 1.29 is 4.74 Å². The van der Waals surface area contributed by atoms with Crippen LogP contribution in [-0.2, 0) is 0 Å². The van der Waals surface area contributed by atoms with Crippen LogP contribution in [0, 0.1) is 6.92 Å². The van der Waals surface area contributed by atoms with Gasteiger partial charge in [0.15, 0.2) is 0 Å². The number of fused-ring (bicyclic) bond motifs is 1. The minimum absolute atomic E-state index is 0.0993. The Bertz CT molecular complexity index is 1270. The predicted molar refractivity (Wildman–Crippen MR) is 124 cm³/mol. The zero-order chi connectivity index (χ0) is 21.6. The molecule has 4 rings (SSSR count). The third-order valence-electron chi connectivity index (χ3n) is 4.45. The molecule has 0 spiro atoms. The van der Waals surface area contributed by atoms with Gasteiger partial charge in [0.25, 0.3) is 0 Å². The Balaban J connectivity index is 1.59. The van der Waals surface area contributed by atoms with Gasteiger partial charge in [-0.15, -0.1) is 5.10 Å². The molecule has 0 aliphatic rings. The van der Waals surface area contributed by atoms with E-state index in [0.717, 1.165) is 39.2 Å². The number of guanidine groups is 1. The molecule has 0 aliphatic carbocycles. The molecule has 4 aromatic rings. The highest BCUT2D eigenvalue weighted by Gasteiger charge is 2.07. The van der Waals surface area contributed by atoms with E-state index in [-0.39, 0.29) is 5.96 Å². The third-order valence-corrected chi connectivity index (χ3v) is 4.45. The van der Waals surface area contributed by atoms with Crippen LogP contribution in [0.5, 0.6) is 11.5 Å². The molecule has 1 aromatic heterocycles. The Kier molecular flexibility index (Phi) is 5.70. The molecule has 1 heterocycles. The van der Waals surface area contributed by atoms with Gasteiger partial charge in [-0.25, -0.2) is 9.97 Å². The van der Waals surface area contributed by atoms with Crippen LogP contribution >= 0.6 is 0 Å². The van der Waals surface area contributed by atoms with Gasteiger partial charge in [-0.1, -0.05) is 24.3 Å². The van der Waals surface area contributed by atoms with Crippen molar-refractivity contribution in [3.05, 3.63) is 84.2 Å². The number of anilines is 2.